The number of carboxylic acid groups (broad SMARTS) is 1. The van der Waals surface area contributed by atoms with E-state index in [0.29, 0.717) is 6.54 Å². The van der Waals surface area contributed by atoms with Crippen LogP contribution in [-0.4, -0.2) is 50.4 Å². The molecule has 0 atom stereocenters. The Balaban J connectivity index is 2.86. The molecule has 1 aromatic carbocycles. The molecule has 0 aliphatic rings. The first-order chi connectivity index (χ1) is 10.1. The summed E-state index contributed by atoms with van der Waals surface area (Å²) in [6.07, 6.45) is 0. The van der Waals surface area contributed by atoms with E-state index in [1.165, 1.54) is 31.3 Å². The van der Waals surface area contributed by atoms with Crippen LogP contribution in [0.4, 0.5) is 0 Å². The lowest BCUT2D eigenvalue weighted by Crippen LogP contribution is -2.32. The van der Waals surface area contributed by atoms with Gasteiger partial charge in [0, 0.05) is 19.2 Å². The minimum Gasteiger partial charge on any atom is -0.480 e. The van der Waals surface area contributed by atoms with E-state index in [4.69, 9.17) is 5.11 Å². The second kappa shape index (κ2) is 7.37. The van der Waals surface area contributed by atoms with Crippen LogP contribution in [0.15, 0.2) is 29.2 Å². The number of sulfonamides is 1. The molecule has 0 aromatic heterocycles. The van der Waals surface area contributed by atoms with Crippen molar-refractivity contribution < 1.29 is 23.1 Å². The topological polar surface area (TPSA) is 104 Å². The predicted octanol–water partition coefficient (Wildman–Crippen LogP) is 0.778. The van der Waals surface area contributed by atoms with Gasteiger partial charge in [-0.2, -0.15) is 0 Å². The number of amides is 1. The summed E-state index contributed by atoms with van der Waals surface area (Å²) >= 11 is 0. The van der Waals surface area contributed by atoms with E-state index in [9.17, 15) is 18.0 Å². The summed E-state index contributed by atoms with van der Waals surface area (Å²) in [5, 5.41) is 8.65. The molecule has 122 valence electrons. The third-order valence-electron chi connectivity index (χ3n) is 2.81. The minimum atomic E-state index is -3.61. The fraction of sp³-hybridized carbons (Fsp3) is 0.429. The molecule has 0 aliphatic carbocycles. The third kappa shape index (κ3) is 5.12. The SMILES string of the molecule is CC(C)CNS(=O)(=O)c1ccc(C(=O)N(C)CC(=O)O)cc1. The zero-order valence-electron chi connectivity index (χ0n) is 12.7. The highest BCUT2D eigenvalue weighted by atomic mass is 32.2. The Hall–Kier alpha value is -1.93. The number of benzene rings is 1. The summed E-state index contributed by atoms with van der Waals surface area (Å²) < 4.78 is 26.5. The van der Waals surface area contributed by atoms with Gasteiger partial charge in [-0.05, 0) is 30.2 Å². The number of hydrogen-bond donors (Lipinski definition) is 2. The molecule has 0 unspecified atom stereocenters. The van der Waals surface area contributed by atoms with Crippen LogP contribution in [0.5, 0.6) is 0 Å². The average Bonchev–Trinajstić information content (AvgIpc) is 2.44. The van der Waals surface area contributed by atoms with Gasteiger partial charge in [0.05, 0.1) is 4.90 Å². The quantitative estimate of drug-likeness (QED) is 0.770. The third-order valence-corrected chi connectivity index (χ3v) is 4.25. The van der Waals surface area contributed by atoms with E-state index >= 15 is 0 Å². The van der Waals surface area contributed by atoms with Crippen molar-refractivity contribution in [3.63, 3.8) is 0 Å². The van der Waals surface area contributed by atoms with Crippen molar-refractivity contribution in [1.29, 1.82) is 0 Å². The molecule has 0 spiro atoms. The zero-order valence-corrected chi connectivity index (χ0v) is 13.6. The first-order valence-corrected chi connectivity index (χ1v) is 8.19. The molecule has 1 amide bonds. The van der Waals surface area contributed by atoms with Gasteiger partial charge in [0.1, 0.15) is 6.54 Å². The highest BCUT2D eigenvalue weighted by Crippen LogP contribution is 2.12. The number of carboxylic acids is 1. The summed E-state index contributed by atoms with van der Waals surface area (Å²) in [7, 11) is -2.24. The van der Waals surface area contributed by atoms with Gasteiger partial charge in [0.2, 0.25) is 10.0 Å². The summed E-state index contributed by atoms with van der Waals surface area (Å²) in [6, 6.07) is 5.38. The molecule has 0 saturated carbocycles. The molecule has 2 N–H and O–H groups in total. The van der Waals surface area contributed by atoms with E-state index < -0.39 is 28.4 Å². The molecule has 22 heavy (non-hydrogen) atoms. The van der Waals surface area contributed by atoms with Crippen LogP contribution < -0.4 is 4.72 Å². The lowest BCUT2D eigenvalue weighted by atomic mass is 10.2. The summed E-state index contributed by atoms with van der Waals surface area (Å²) in [5.74, 6) is -1.42. The zero-order chi connectivity index (χ0) is 16.9. The number of carbonyl (C=O) groups is 2. The van der Waals surface area contributed by atoms with Crippen LogP contribution in [-0.2, 0) is 14.8 Å². The molecule has 8 heteroatoms. The van der Waals surface area contributed by atoms with Crippen molar-refractivity contribution in [2.45, 2.75) is 18.7 Å². The largest absolute Gasteiger partial charge is 0.480 e. The molecular weight excluding hydrogens is 308 g/mol. The van der Waals surface area contributed by atoms with E-state index in [1.807, 2.05) is 13.8 Å². The minimum absolute atomic E-state index is 0.0607. The molecule has 7 nitrogen and oxygen atoms in total. The maximum atomic E-state index is 12.0. The second-order valence-corrected chi connectivity index (χ2v) is 7.09. The van der Waals surface area contributed by atoms with Crippen molar-refractivity contribution >= 4 is 21.9 Å². The molecule has 0 saturated heterocycles. The standard InChI is InChI=1S/C14H20N2O5S/c1-10(2)8-15-22(20,21)12-6-4-11(5-7-12)14(19)16(3)9-13(17)18/h4-7,10,15H,8-9H2,1-3H3,(H,17,18). The Morgan fingerprint density at radius 1 is 1.23 bits per heavy atom. The number of likely N-dealkylation sites (N-methyl/N-ethyl adjacent to an activating group) is 1. The summed E-state index contributed by atoms with van der Waals surface area (Å²) in [5.41, 5.74) is 0.228. The number of nitrogens with one attached hydrogen (secondary N) is 1. The van der Waals surface area contributed by atoms with Crippen LogP contribution in [0.1, 0.15) is 24.2 Å². The maximum absolute atomic E-state index is 12.0. The normalized spacial score (nSPS) is 11.5. The smallest absolute Gasteiger partial charge is 0.323 e. The van der Waals surface area contributed by atoms with Gasteiger partial charge in [-0.15, -0.1) is 0 Å². The van der Waals surface area contributed by atoms with E-state index in [0.717, 1.165) is 4.90 Å². The number of carbonyl (C=O) groups excluding carboxylic acids is 1. The second-order valence-electron chi connectivity index (χ2n) is 5.33. The molecule has 1 rings (SSSR count). The average molecular weight is 328 g/mol. The van der Waals surface area contributed by atoms with Crippen molar-refractivity contribution in [3.8, 4) is 0 Å². The molecule has 0 heterocycles. The van der Waals surface area contributed by atoms with Crippen molar-refractivity contribution in [2.75, 3.05) is 20.1 Å². The fourth-order valence-corrected chi connectivity index (χ4v) is 2.85. The first-order valence-electron chi connectivity index (χ1n) is 6.70. The van der Waals surface area contributed by atoms with Crippen LogP contribution in [0.2, 0.25) is 0 Å². The summed E-state index contributed by atoms with van der Waals surface area (Å²) in [4.78, 5) is 23.6. The van der Waals surface area contributed by atoms with Crippen molar-refractivity contribution in [2.24, 2.45) is 5.92 Å². The molecule has 0 bridgehead atoms. The first kappa shape index (κ1) is 18.1. The van der Waals surface area contributed by atoms with Crippen LogP contribution >= 0.6 is 0 Å². The van der Waals surface area contributed by atoms with Gasteiger partial charge in [0.15, 0.2) is 0 Å². The van der Waals surface area contributed by atoms with Gasteiger partial charge in [0.25, 0.3) is 5.91 Å². The van der Waals surface area contributed by atoms with Crippen LogP contribution in [0, 0.1) is 5.92 Å². The Bertz CT molecular complexity index is 638. The van der Waals surface area contributed by atoms with Gasteiger partial charge in [-0.1, -0.05) is 13.8 Å². The van der Waals surface area contributed by atoms with E-state index in [2.05, 4.69) is 4.72 Å². The van der Waals surface area contributed by atoms with E-state index in [-0.39, 0.29) is 16.4 Å². The van der Waals surface area contributed by atoms with Crippen molar-refractivity contribution in [1.82, 2.24) is 9.62 Å². The molecule has 1 aromatic rings. The predicted molar refractivity (Wildman–Crippen MR) is 81.1 cm³/mol. The number of rotatable bonds is 7. The maximum Gasteiger partial charge on any atom is 0.323 e. The monoisotopic (exact) mass is 328 g/mol. The van der Waals surface area contributed by atoms with Crippen molar-refractivity contribution in [3.05, 3.63) is 29.8 Å². The highest BCUT2D eigenvalue weighted by molar-refractivity contribution is 7.89. The van der Waals surface area contributed by atoms with Gasteiger partial charge >= 0.3 is 5.97 Å². The Labute approximate surface area is 130 Å². The Morgan fingerprint density at radius 2 is 1.77 bits per heavy atom. The number of aliphatic carboxylic acids is 1. The van der Waals surface area contributed by atoms with E-state index in [1.54, 1.807) is 0 Å². The number of hydrogen-bond acceptors (Lipinski definition) is 4. The molecule has 0 aliphatic heterocycles. The lowest BCUT2D eigenvalue weighted by Gasteiger charge is -2.15. The highest BCUT2D eigenvalue weighted by Gasteiger charge is 2.17. The van der Waals surface area contributed by atoms with Crippen LogP contribution in [0.3, 0.4) is 0 Å². The molecule has 0 fully saturated rings. The Kier molecular flexibility index (Phi) is 6.07. The molecular formula is C14H20N2O5S. The van der Waals surface area contributed by atoms with Crippen LogP contribution in [0.25, 0.3) is 0 Å². The van der Waals surface area contributed by atoms with Gasteiger partial charge < -0.3 is 10.0 Å². The number of nitrogens with zero attached hydrogens (tertiary/aromatic N) is 1. The van der Waals surface area contributed by atoms with Gasteiger partial charge in [-0.25, -0.2) is 13.1 Å². The summed E-state index contributed by atoms with van der Waals surface area (Å²) in [6.45, 7) is 3.68. The van der Waals surface area contributed by atoms with Gasteiger partial charge in [-0.3, -0.25) is 9.59 Å². The molecule has 0 radical (unpaired) electrons. The fourth-order valence-electron chi connectivity index (χ4n) is 1.63. The Morgan fingerprint density at radius 3 is 2.23 bits per heavy atom. The lowest BCUT2D eigenvalue weighted by molar-refractivity contribution is -0.137.